The second-order valence-corrected chi connectivity index (χ2v) is 3.61. The highest BCUT2D eigenvalue weighted by molar-refractivity contribution is 5.06. The van der Waals surface area contributed by atoms with Gasteiger partial charge in [-0.15, -0.1) is 0 Å². The lowest BCUT2D eigenvalue weighted by Crippen LogP contribution is -2.23. The summed E-state index contributed by atoms with van der Waals surface area (Å²) in [5.41, 5.74) is 0.822. The normalized spacial score (nSPS) is 14.6. The molecule has 0 aliphatic heterocycles. The average Bonchev–Trinajstić information content (AvgIpc) is 2.82. The SMILES string of the molecule is CC(c1ccncn1)C(O)Cn1cncn1. The van der Waals surface area contributed by atoms with Crippen molar-refractivity contribution < 1.29 is 5.11 Å². The summed E-state index contributed by atoms with van der Waals surface area (Å²) in [5.74, 6) is -0.0628. The number of nitrogens with zero attached hydrogens (tertiary/aromatic N) is 5. The van der Waals surface area contributed by atoms with Crippen LogP contribution in [-0.2, 0) is 6.54 Å². The van der Waals surface area contributed by atoms with Gasteiger partial charge in [0.25, 0.3) is 0 Å². The molecule has 6 nitrogen and oxygen atoms in total. The predicted octanol–water partition coefficient (Wildman–Crippen LogP) is 0.233. The van der Waals surface area contributed by atoms with Crippen molar-refractivity contribution in [1.82, 2.24) is 24.7 Å². The van der Waals surface area contributed by atoms with Crippen molar-refractivity contribution in [2.75, 3.05) is 0 Å². The highest BCUT2D eigenvalue weighted by Crippen LogP contribution is 2.16. The number of aromatic nitrogens is 5. The van der Waals surface area contributed by atoms with Crippen molar-refractivity contribution in [3.63, 3.8) is 0 Å². The third-order valence-corrected chi connectivity index (χ3v) is 2.49. The number of aliphatic hydroxyl groups excluding tert-OH is 1. The second kappa shape index (κ2) is 4.80. The molecule has 0 aliphatic carbocycles. The number of rotatable bonds is 4. The maximum absolute atomic E-state index is 9.99. The smallest absolute Gasteiger partial charge is 0.137 e. The van der Waals surface area contributed by atoms with Gasteiger partial charge in [0.05, 0.1) is 12.6 Å². The fraction of sp³-hybridized carbons (Fsp3) is 0.400. The molecule has 0 fully saturated rings. The van der Waals surface area contributed by atoms with E-state index in [9.17, 15) is 5.11 Å². The highest BCUT2D eigenvalue weighted by Gasteiger charge is 2.17. The van der Waals surface area contributed by atoms with Crippen molar-refractivity contribution in [3.05, 3.63) is 36.9 Å². The first-order valence-corrected chi connectivity index (χ1v) is 5.04. The molecule has 0 amide bonds. The van der Waals surface area contributed by atoms with E-state index in [0.717, 1.165) is 5.69 Å². The molecule has 2 aromatic rings. The van der Waals surface area contributed by atoms with Crippen molar-refractivity contribution >= 4 is 0 Å². The maximum Gasteiger partial charge on any atom is 0.137 e. The summed E-state index contributed by atoms with van der Waals surface area (Å²) in [4.78, 5) is 11.8. The van der Waals surface area contributed by atoms with E-state index in [-0.39, 0.29) is 5.92 Å². The van der Waals surface area contributed by atoms with Gasteiger partial charge in [0, 0.05) is 17.8 Å². The van der Waals surface area contributed by atoms with Crippen LogP contribution in [0.4, 0.5) is 0 Å². The maximum atomic E-state index is 9.99. The molecule has 2 unspecified atom stereocenters. The summed E-state index contributed by atoms with van der Waals surface area (Å²) in [5, 5.41) is 13.9. The Bertz CT molecular complexity index is 416. The molecular formula is C10H13N5O. The Morgan fingerprint density at radius 2 is 2.25 bits per heavy atom. The summed E-state index contributed by atoms with van der Waals surface area (Å²) in [6.07, 6.45) is 5.63. The lowest BCUT2D eigenvalue weighted by Gasteiger charge is -2.17. The van der Waals surface area contributed by atoms with E-state index in [0.29, 0.717) is 6.54 Å². The zero-order valence-electron chi connectivity index (χ0n) is 8.93. The minimum absolute atomic E-state index is 0.0628. The molecular weight excluding hydrogens is 206 g/mol. The Hall–Kier alpha value is -1.82. The van der Waals surface area contributed by atoms with Crippen molar-refractivity contribution in [2.24, 2.45) is 0 Å². The fourth-order valence-electron chi connectivity index (χ4n) is 1.44. The second-order valence-electron chi connectivity index (χ2n) is 3.61. The van der Waals surface area contributed by atoms with Crippen molar-refractivity contribution in [2.45, 2.75) is 25.5 Å². The van der Waals surface area contributed by atoms with Crippen LogP contribution in [0, 0.1) is 0 Å². The van der Waals surface area contributed by atoms with Gasteiger partial charge < -0.3 is 5.11 Å². The zero-order valence-corrected chi connectivity index (χ0v) is 8.93. The van der Waals surface area contributed by atoms with Crippen molar-refractivity contribution in [1.29, 1.82) is 0 Å². The lowest BCUT2D eigenvalue weighted by atomic mass is 10.0. The summed E-state index contributed by atoms with van der Waals surface area (Å²) in [6.45, 7) is 2.33. The molecule has 1 N–H and O–H groups in total. The predicted molar refractivity (Wildman–Crippen MR) is 56.5 cm³/mol. The van der Waals surface area contributed by atoms with Crippen LogP contribution < -0.4 is 0 Å². The Kier molecular flexibility index (Phi) is 3.21. The molecule has 0 saturated carbocycles. The Labute approximate surface area is 93.0 Å². The summed E-state index contributed by atoms with van der Waals surface area (Å²) < 4.78 is 1.60. The van der Waals surface area contributed by atoms with Crippen LogP contribution in [-0.4, -0.2) is 35.9 Å². The van der Waals surface area contributed by atoms with Gasteiger partial charge in [-0.05, 0) is 6.07 Å². The third kappa shape index (κ3) is 2.40. The van der Waals surface area contributed by atoms with Crippen LogP contribution in [0.2, 0.25) is 0 Å². The van der Waals surface area contributed by atoms with Crippen LogP contribution in [0.1, 0.15) is 18.5 Å². The molecule has 2 aromatic heterocycles. The first kappa shape index (κ1) is 10.7. The number of hydrogen-bond donors (Lipinski definition) is 1. The van der Waals surface area contributed by atoms with Gasteiger partial charge in [0.1, 0.15) is 19.0 Å². The standard InChI is InChI=1S/C10H13N5O/c1-8(9-2-3-11-5-13-9)10(16)4-15-7-12-6-14-15/h2-3,5-8,10,16H,4H2,1H3. The molecule has 16 heavy (non-hydrogen) atoms. The monoisotopic (exact) mass is 219 g/mol. The van der Waals surface area contributed by atoms with E-state index in [1.165, 1.54) is 12.7 Å². The van der Waals surface area contributed by atoms with Crippen LogP contribution in [0.25, 0.3) is 0 Å². The molecule has 0 aliphatic rings. The van der Waals surface area contributed by atoms with Crippen LogP contribution in [0.5, 0.6) is 0 Å². The topological polar surface area (TPSA) is 76.7 Å². The molecule has 2 atom stereocenters. The zero-order chi connectivity index (χ0) is 11.4. The van der Waals surface area contributed by atoms with E-state index < -0.39 is 6.10 Å². The van der Waals surface area contributed by atoms with Crippen LogP contribution >= 0.6 is 0 Å². The summed E-state index contributed by atoms with van der Waals surface area (Å²) in [7, 11) is 0. The molecule has 0 bridgehead atoms. The van der Waals surface area contributed by atoms with Gasteiger partial charge in [-0.2, -0.15) is 5.10 Å². The van der Waals surface area contributed by atoms with Crippen LogP contribution in [0.15, 0.2) is 31.2 Å². The van der Waals surface area contributed by atoms with Gasteiger partial charge in [-0.1, -0.05) is 6.92 Å². The minimum Gasteiger partial charge on any atom is -0.391 e. The van der Waals surface area contributed by atoms with E-state index in [2.05, 4.69) is 20.1 Å². The summed E-state index contributed by atoms with van der Waals surface area (Å²) in [6, 6.07) is 1.80. The summed E-state index contributed by atoms with van der Waals surface area (Å²) >= 11 is 0. The molecule has 6 heteroatoms. The Balaban J connectivity index is 2.02. The minimum atomic E-state index is -0.545. The highest BCUT2D eigenvalue weighted by atomic mass is 16.3. The van der Waals surface area contributed by atoms with Gasteiger partial charge in [-0.3, -0.25) is 4.68 Å². The molecule has 2 heterocycles. The molecule has 0 radical (unpaired) electrons. The first-order chi connectivity index (χ1) is 7.77. The van der Waals surface area contributed by atoms with Gasteiger partial charge >= 0.3 is 0 Å². The van der Waals surface area contributed by atoms with E-state index in [1.54, 1.807) is 23.3 Å². The molecule has 0 spiro atoms. The fourth-order valence-corrected chi connectivity index (χ4v) is 1.44. The average molecular weight is 219 g/mol. The molecule has 0 aromatic carbocycles. The largest absolute Gasteiger partial charge is 0.391 e. The molecule has 0 saturated heterocycles. The van der Waals surface area contributed by atoms with E-state index >= 15 is 0 Å². The lowest BCUT2D eigenvalue weighted by molar-refractivity contribution is 0.124. The van der Waals surface area contributed by atoms with Gasteiger partial charge in [0.15, 0.2) is 0 Å². The first-order valence-electron chi connectivity index (χ1n) is 5.04. The third-order valence-electron chi connectivity index (χ3n) is 2.49. The van der Waals surface area contributed by atoms with E-state index in [4.69, 9.17) is 0 Å². The molecule has 84 valence electrons. The Morgan fingerprint density at radius 1 is 1.38 bits per heavy atom. The van der Waals surface area contributed by atoms with E-state index in [1.807, 2.05) is 6.92 Å². The number of hydrogen-bond acceptors (Lipinski definition) is 5. The number of aliphatic hydroxyl groups is 1. The Morgan fingerprint density at radius 3 is 2.88 bits per heavy atom. The van der Waals surface area contributed by atoms with Gasteiger partial charge in [-0.25, -0.2) is 15.0 Å². The van der Waals surface area contributed by atoms with Gasteiger partial charge in [0.2, 0.25) is 0 Å². The quantitative estimate of drug-likeness (QED) is 0.796. The molecule has 2 rings (SSSR count). The van der Waals surface area contributed by atoms with Crippen molar-refractivity contribution in [3.8, 4) is 0 Å². The van der Waals surface area contributed by atoms with Crippen LogP contribution in [0.3, 0.4) is 0 Å².